The van der Waals surface area contributed by atoms with Crippen molar-refractivity contribution in [1.29, 1.82) is 0 Å². The van der Waals surface area contributed by atoms with Crippen LogP contribution < -0.4 is 4.90 Å². The quantitative estimate of drug-likeness (QED) is 0.626. The monoisotopic (exact) mass is 426 g/mol. The molecule has 1 atom stereocenters. The van der Waals surface area contributed by atoms with Gasteiger partial charge in [-0.2, -0.15) is 0 Å². The van der Waals surface area contributed by atoms with Gasteiger partial charge < -0.3 is 4.90 Å². The first-order valence-corrected chi connectivity index (χ1v) is 11.0. The van der Waals surface area contributed by atoms with Gasteiger partial charge in [0.2, 0.25) is 5.91 Å². The Morgan fingerprint density at radius 3 is 2.30 bits per heavy atom. The summed E-state index contributed by atoms with van der Waals surface area (Å²) in [5.41, 5.74) is 4.56. The molecular formula is C26H35ClN2O. The standard InChI is InChI=1S/C26H34N2O.ClH/c1-20-13-14-23-22(17-20)26(4,21-11-7-5-8-12-21)19-25(2,3)28(23)24(29)18-27-15-9-6-10-16-27;/h5,7-8,11-14,17H,6,9-10,15-16,18-19H2,1-4H3;1H. The fourth-order valence-corrected chi connectivity index (χ4v) is 5.57. The third kappa shape index (κ3) is 4.15. The zero-order valence-electron chi connectivity index (χ0n) is 18.8. The van der Waals surface area contributed by atoms with Gasteiger partial charge in [-0.3, -0.25) is 9.69 Å². The number of carbonyl (C=O) groups is 1. The van der Waals surface area contributed by atoms with Gasteiger partial charge in [-0.25, -0.2) is 0 Å². The first-order chi connectivity index (χ1) is 13.8. The maximum atomic E-state index is 13.6. The normalized spacial score (nSPS) is 23.4. The highest BCUT2D eigenvalue weighted by molar-refractivity contribution is 5.98. The number of likely N-dealkylation sites (tertiary alicyclic amines) is 1. The summed E-state index contributed by atoms with van der Waals surface area (Å²) in [6, 6.07) is 17.4. The number of piperidine rings is 1. The topological polar surface area (TPSA) is 23.6 Å². The van der Waals surface area contributed by atoms with Crippen molar-refractivity contribution in [2.45, 2.75) is 64.3 Å². The van der Waals surface area contributed by atoms with Crippen molar-refractivity contribution in [2.75, 3.05) is 24.5 Å². The van der Waals surface area contributed by atoms with E-state index in [1.54, 1.807) is 0 Å². The highest BCUT2D eigenvalue weighted by atomic mass is 35.5. The number of nitrogens with zero attached hydrogens (tertiary/aromatic N) is 2. The third-order valence-corrected chi connectivity index (χ3v) is 6.85. The fourth-order valence-electron chi connectivity index (χ4n) is 5.57. The largest absolute Gasteiger partial charge is 0.305 e. The molecule has 1 unspecified atom stereocenters. The van der Waals surface area contributed by atoms with Gasteiger partial charge >= 0.3 is 0 Å². The Morgan fingerprint density at radius 2 is 1.63 bits per heavy atom. The lowest BCUT2D eigenvalue weighted by atomic mass is 9.65. The molecule has 0 radical (unpaired) electrons. The summed E-state index contributed by atoms with van der Waals surface area (Å²) in [4.78, 5) is 18.0. The Bertz CT molecular complexity index is 889. The van der Waals surface area contributed by atoms with Crippen molar-refractivity contribution < 1.29 is 4.79 Å². The van der Waals surface area contributed by atoms with Crippen LogP contribution in [0.3, 0.4) is 0 Å². The van der Waals surface area contributed by atoms with Crippen molar-refractivity contribution in [3.8, 4) is 0 Å². The number of halogens is 1. The van der Waals surface area contributed by atoms with Crippen molar-refractivity contribution in [3.05, 3.63) is 65.2 Å². The molecule has 0 spiro atoms. The second-order valence-corrected chi connectivity index (χ2v) is 9.77. The van der Waals surface area contributed by atoms with Crippen LogP contribution in [0.5, 0.6) is 0 Å². The second-order valence-electron chi connectivity index (χ2n) is 9.77. The van der Waals surface area contributed by atoms with Crippen LogP contribution in [0, 0.1) is 6.92 Å². The Morgan fingerprint density at radius 1 is 0.967 bits per heavy atom. The molecular weight excluding hydrogens is 392 g/mol. The summed E-state index contributed by atoms with van der Waals surface area (Å²) in [5.74, 6) is 0.233. The minimum absolute atomic E-state index is 0. The number of hydrogen-bond acceptors (Lipinski definition) is 2. The highest BCUT2D eigenvalue weighted by Gasteiger charge is 2.47. The van der Waals surface area contributed by atoms with Gasteiger partial charge in [0.1, 0.15) is 0 Å². The predicted molar refractivity (Wildman–Crippen MR) is 128 cm³/mol. The summed E-state index contributed by atoms with van der Waals surface area (Å²) in [5, 5.41) is 0. The summed E-state index contributed by atoms with van der Waals surface area (Å²) in [6.45, 7) is 11.6. The van der Waals surface area contributed by atoms with Gasteiger partial charge in [-0.15, -0.1) is 12.4 Å². The lowest BCUT2D eigenvalue weighted by Gasteiger charge is -2.52. The molecule has 4 rings (SSSR count). The number of hydrogen-bond donors (Lipinski definition) is 0. The molecule has 0 N–H and O–H groups in total. The molecule has 2 aliphatic rings. The smallest absolute Gasteiger partial charge is 0.241 e. The Hall–Kier alpha value is -1.84. The van der Waals surface area contributed by atoms with Crippen LogP contribution in [0.4, 0.5) is 5.69 Å². The van der Waals surface area contributed by atoms with Crippen LogP contribution >= 0.6 is 12.4 Å². The molecule has 1 fully saturated rings. The van der Waals surface area contributed by atoms with Gasteiger partial charge in [0.05, 0.1) is 6.54 Å². The van der Waals surface area contributed by atoms with E-state index < -0.39 is 0 Å². The SMILES string of the molecule is Cc1ccc2c(c1)C(C)(c1ccccc1)CC(C)(C)N2C(=O)CN1CCCCC1.Cl. The number of rotatable bonds is 3. The molecule has 1 amide bonds. The van der Waals surface area contributed by atoms with E-state index in [1.165, 1.54) is 36.0 Å². The lowest BCUT2D eigenvalue weighted by molar-refractivity contribution is -0.121. The van der Waals surface area contributed by atoms with Crippen LogP contribution in [0.2, 0.25) is 0 Å². The minimum Gasteiger partial charge on any atom is -0.305 e. The molecule has 3 nitrogen and oxygen atoms in total. The van der Waals surface area contributed by atoms with Crippen LogP contribution in [-0.4, -0.2) is 36.0 Å². The summed E-state index contributed by atoms with van der Waals surface area (Å²) in [7, 11) is 0. The van der Waals surface area contributed by atoms with Gasteiger partial charge in [-0.05, 0) is 70.3 Å². The van der Waals surface area contributed by atoms with E-state index >= 15 is 0 Å². The van der Waals surface area contributed by atoms with Gasteiger partial charge in [-0.1, -0.05) is 61.4 Å². The number of aryl methyl sites for hydroxylation is 1. The molecule has 0 aromatic heterocycles. The molecule has 0 saturated carbocycles. The molecule has 2 aromatic rings. The number of fused-ring (bicyclic) bond motifs is 1. The maximum absolute atomic E-state index is 13.6. The molecule has 30 heavy (non-hydrogen) atoms. The van der Waals surface area contributed by atoms with Crippen molar-refractivity contribution in [3.63, 3.8) is 0 Å². The van der Waals surface area contributed by atoms with Gasteiger partial charge in [0, 0.05) is 16.6 Å². The van der Waals surface area contributed by atoms with Gasteiger partial charge in [0.25, 0.3) is 0 Å². The van der Waals surface area contributed by atoms with E-state index in [-0.39, 0.29) is 29.3 Å². The van der Waals surface area contributed by atoms with E-state index in [2.05, 4.69) is 86.0 Å². The average molecular weight is 427 g/mol. The van der Waals surface area contributed by atoms with E-state index in [1.807, 2.05) is 0 Å². The zero-order chi connectivity index (χ0) is 20.6. The molecule has 0 aliphatic carbocycles. The number of anilines is 1. The molecule has 2 aromatic carbocycles. The molecule has 4 heteroatoms. The third-order valence-electron chi connectivity index (χ3n) is 6.85. The first kappa shape index (κ1) is 22.8. The first-order valence-electron chi connectivity index (χ1n) is 11.0. The van der Waals surface area contributed by atoms with Gasteiger partial charge in [0.15, 0.2) is 0 Å². The minimum atomic E-state index is -0.250. The van der Waals surface area contributed by atoms with E-state index in [0.29, 0.717) is 6.54 Å². The predicted octanol–water partition coefficient (Wildman–Crippen LogP) is 5.72. The zero-order valence-corrected chi connectivity index (χ0v) is 19.6. The van der Waals surface area contributed by atoms with Crippen molar-refractivity contribution >= 4 is 24.0 Å². The van der Waals surface area contributed by atoms with Crippen LogP contribution in [0.15, 0.2) is 48.5 Å². The molecule has 1 saturated heterocycles. The Labute approximate surface area is 187 Å². The second kappa shape index (κ2) is 8.72. The molecule has 2 heterocycles. The van der Waals surface area contributed by atoms with Crippen LogP contribution in [0.1, 0.15) is 63.1 Å². The molecule has 2 aliphatic heterocycles. The van der Waals surface area contributed by atoms with Crippen LogP contribution in [0.25, 0.3) is 0 Å². The summed E-state index contributed by atoms with van der Waals surface area (Å²) >= 11 is 0. The van der Waals surface area contributed by atoms with Crippen molar-refractivity contribution in [1.82, 2.24) is 4.90 Å². The summed E-state index contributed by atoms with van der Waals surface area (Å²) in [6.07, 6.45) is 4.61. The van der Waals surface area contributed by atoms with Crippen LogP contribution in [-0.2, 0) is 10.2 Å². The van der Waals surface area contributed by atoms with E-state index in [0.717, 1.165) is 25.2 Å². The number of amides is 1. The summed E-state index contributed by atoms with van der Waals surface area (Å²) < 4.78 is 0. The average Bonchev–Trinajstić information content (AvgIpc) is 2.69. The highest BCUT2D eigenvalue weighted by Crippen LogP contribution is 2.50. The maximum Gasteiger partial charge on any atom is 0.241 e. The Kier molecular flexibility index (Phi) is 6.64. The van der Waals surface area contributed by atoms with E-state index in [4.69, 9.17) is 0 Å². The fraction of sp³-hybridized carbons (Fsp3) is 0.500. The number of carbonyl (C=O) groups excluding carboxylic acids is 1. The molecule has 162 valence electrons. The van der Waals surface area contributed by atoms with Crippen molar-refractivity contribution in [2.24, 2.45) is 0 Å². The number of benzene rings is 2. The van der Waals surface area contributed by atoms with E-state index in [9.17, 15) is 4.79 Å². The Balaban J connectivity index is 0.00000256. The lowest BCUT2D eigenvalue weighted by Crippen LogP contribution is -2.58. The molecule has 0 bridgehead atoms.